The molecular weight excluding hydrogens is 262 g/mol. The van der Waals surface area contributed by atoms with E-state index in [1.54, 1.807) is 20.8 Å². The standard InChI is InChI=1S/C14H25NO5/c1-14(2,3)20-13(18)15-11(12(16)17)6-4-5-10-7-8-19-9-10/h10-11H,4-9H2,1-3H3,(H,15,18)(H,16,17). The van der Waals surface area contributed by atoms with E-state index in [4.69, 9.17) is 14.6 Å². The maximum absolute atomic E-state index is 11.6. The van der Waals surface area contributed by atoms with Gasteiger partial charge in [-0.3, -0.25) is 0 Å². The molecule has 0 bridgehead atoms. The first kappa shape index (κ1) is 16.8. The predicted octanol–water partition coefficient (Wildman–Crippen LogP) is 2.17. The molecule has 2 unspecified atom stereocenters. The number of carbonyl (C=O) groups is 2. The molecule has 20 heavy (non-hydrogen) atoms. The summed E-state index contributed by atoms with van der Waals surface area (Å²) in [6, 6.07) is -0.896. The number of rotatable bonds is 6. The van der Waals surface area contributed by atoms with Gasteiger partial charge in [-0.25, -0.2) is 9.59 Å². The van der Waals surface area contributed by atoms with E-state index in [-0.39, 0.29) is 0 Å². The van der Waals surface area contributed by atoms with Gasteiger partial charge in [0.05, 0.1) is 0 Å². The quantitative estimate of drug-likeness (QED) is 0.782. The second kappa shape index (κ2) is 7.47. The Morgan fingerprint density at radius 2 is 2.15 bits per heavy atom. The largest absolute Gasteiger partial charge is 0.480 e. The van der Waals surface area contributed by atoms with Crippen LogP contribution in [0, 0.1) is 5.92 Å². The van der Waals surface area contributed by atoms with Crippen LogP contribution in [0.1, 0.15) is 46.5 Å². The molecule has 1 amide bonds. The van der Waals surface area contributed by atoms with Gasteiger partial charge in [0.2, 0.25) is 0 Å². The van der Waals surface area contributed by atoms with Crippen molar-refractivity contribution in [1.82, 2.24) is 5.32 Å². The molecule has 1 aliphatic heterocycles. The van der Waals surface area contributed by atoms with Crippen molar-refractivity contribution < 1.29 is 24.2 Å². The Morgan fingerprint density at radius 3 is 2.65 bits per heavy atom. The molecule has 0 aromatic heterocycles. The smallest absolute Gasteiger partial charge is 0.408 e. The minimum atomic E-state index is -1.03. The number of hydrogen-bond acceptors (Lipinski definition) is 4. The van der Waals surface area contributed by atoms with Gasteiger partial charge in [0.1, 0.15) is 11.6 Å². The summed E-state index contributed by atoms with van der Waals surface area (Å²) in [7, 11) is 0. The molecule has 0 saturated carbocycles. The normalized spacial score (nSPS) is 20.4. The number of amides is 1. The molecule has 0 aliphatic carbocycles. The van der Waals surface area contributed by atoms with E-state index in [2.05, 4.69) is 5.32 Å². The zero-order chi connectivity index (χ0) is 15.2. The highest BCUT2D eigenvalue weighted by Crippen LogP contribution is 2.19. The summed E-state index contributed by atoms with van der Waals surface area (Å²) in [4.78, 5) is 22.7. The Labute approximate surface area is 119 Å². The number of ether oxygens (including phenoxy) is 2. The van der Waals surface area contributed by atoms with Crippen molar-refractivity contribution >= 4 is 12.1 Å². The third-order valence-corrected chi connectivity index (χ3v) is 3.12. The van der Waals surface area contributed by atoms with Crippen LogP contribution in [0.25, 0.3) is 0 Å². The first-order valence-corrected chi connectivity index (χ1v) is 7.08. The lowest BCUT2D eigenvalue weighted by atomic mass is 9.99. The highest BCUT2D eigenvalue weighted by atomic mass is 16.6. The second-order valence-electron chi connectivity index (χ2n) is 6.20. The first-order valence-electron chi connectivity index (χ1n) is 7.08. The summed E-state index contributed by atoms with van der Waals surface area (Å²) in [5.74, 6) is -0.510. The lowest BCUT2D eigenvalue weighted by Gasteiger charge is -2.22. The number of carboxylic acids is 1. The predicted molar refractivity (Wildman–Crippen MR) is 73.6 cm³/mol. The molecule has 1 fully saturated rings. The maximum atomic E-state index is 11.6. The van der Waals surface area contributed by atoms with E-state index in [1.165, 1.54) is 0 Å². The van der Waals surface area contributed by atoms with E-state index >= 15 is 0 Å². The average molecular weight is 287 g/mol. The van der Waals surface area contributed by atoms with Crippen LogP contribution >= 0.6 is 0 Å². The molecule has 0 spiro atoms. The fraction of sp³-hybridized carbons (Fsp3) is 0.857. The number of nitrogens with one attached hydrogen (secondary N) is 1. The third kappa shape index (κ3) is 6.75. The molecule has 2 N–H and O–H groups in total. The zero-order valence-electron chi connectivity index (χ0n) is 12.5. The number of hydrogen-bond donors (Lipinski definition) is 2. The fourth-order valence-electron chi connectivity index (χ4n) is 2.13. The van der Waals surface area contributed by atoms with Crippen LogP contribution in [-0.4, -0.2) is 42.0 Å². The Morgan fingerprint density at radius 1 is 1.45 bits per heavy atom. The third-order valence-electron chi connectivity index (χ3n) is 3.12. The Kier molecular flexibility index (Phi) is 6.26. The molecule has 1 saturated heterocycles. The van der Waals surface area contributed by atoms with E-state index in [0.717, 1.165) is 32.5 Å². The van der Waals surface area contributed by atoms with Gasteiger partial charge in [0.25, 0.3) is 0 Å². The number of carboxylic acid groups (broad SMARTS) is 1. The van der Waals surface area contributed by atoms with Crippen molar-refractivity contribution in [3.8, 4) is 0 Å². The second-order valence-corrected chi connectivity index (χ2v) is 6.20. The van der Waals surface area contributed by atoms with Crippen LogP contribution in [0.4, 0.5) is 4.79 Å². The van der Waals surface area contributed by atoms with Crippen LogP contribution in [0.2, 0.25) is 0 Å². The number of alkyl carbamates (subject to hydrolysis) is 1. The lowest BCUT2D eigenvalue weighted by Crippen LogP contribution is -2.43. The first-order chi connectivity index (χ1) is 9.28. The van der Waals surface area contributed by atoms with Crippen molar-refractivity contribution in [2.75, 3.05) is 13.2 Å². The van der Waals surface area contributed by atoms with Crippen molar-refractivity contribution in [3.05, 3.63) is 0 Å². The van der Waals surface area contributed by atoms with Crippen LogP contribution < -0.4 is 5.32 Å². The zero-order valence-corrected chi connectivity index (χ0v) is 12.5. The molecule has 6 nitrogen and oxygen atoms in total. The molecule has 1 heterocycles. The molecule has 116 valence electrons. The molecule has 1 rings (SSSR count). The summed E-state index contributed by atoms with van der Waals surface area (Å²) in [6.07, 6.45) is 2.44. The summed E-state index contributed by atoms with van der Waals surface area (Å²) < 4.78 is 10.3. The van der Waals surface area contributed by atoms with Crippen molar-refractivity contribution in [2.24, 2.45) is 5.92 Å². The van der Waals surface area contributed by atoms with Crippen LogP contribution in [0.5, 0.6) is 0 Å². The highest BCUT2D eigenvalue weighted by molar-refractivity contribution is 5.79. The van der Waals surface area contributed by atoms with Crippen molar-refractivity contribution in [1.29, 1.82) is 0 Å². The molecule has 0 aromatic carbocycles. The summed E-state index contributed by atoms with van der Waals surface area (Å²) in [5, 5.41) is 11.5. The van der Waals surface area contributed by atoms with E-state index in [9.17, 15) is 9.59 Å². The van der Waals surface area contributed by atoms with E-state index in [1.807, 2.05) is 0 Å². The molecular formula is C14H25NO5. The van der Waals surface area contributed by atoms with Crippen molar-refractivity contribution in [3.63, 3.8) is 0 Å². The van der Waals surface area contributed by atoms with Crippen LogP contribution in [0.15, 0.2) is 0 Å². The maximum Gasteiger partial charge on any atom is 0.408 e. The van der Waals surface area contributed by atoms with Gasteiger partial charge >= 0.3 is 12.1 Å². The molecule has 2 atom stereocenters. The monoisotopic (exact) mass is 287 g/mol. The van der Waals surface area contributed by atoms with E-state index < -0.39 is 23.7 Å². The fourth-order valence-corrected chi connectivity index (χ4v) is 2.13. The summed E-state index contributed by atoms with van der Waals surface area (Å²) in [5.41, 5.74) is -0.631. The number of aliphatic carboxylic acids is 1. The van der Waals surface area contributed by atoms with Crippen LogP contribution in [-0.2, 0) is 14.3 Å². The Balaban J connectivity index is 2.32. The minimum absolute atomic E-state index is 0.408. The molecule has 0 radical (unpaired) electrons. The highest BCUT2D eigenvalue weighted by Gasteiger charge is 2.24. The SMILES string of the molecule is CC(C)(C)OC(=O)NC(CCCC1CCOC1)C(=O)O. The van der Waals surface area contributed by atoms with Gasteiger partial charge in [-0.15, -0.1) is 0 Å². The molecule has 6 heteroatoms. The van der Waals surface area contributed by atoms with Gasteiger partial charge in [-0.1, -0.05) is 6.42 Å². The van der Waals surface area contributed by atoms with Gasteiger partial charge in [-0.05, 0) is 46.0 Å². The Bertz CT molecular complexity index is 331. The number of carbonyl (C=O) groups excluding carboxylic acids is 1. The Hall–Kier alpha value is -1.30. The summed E-state index contributed by atoms with van der Waals surface area (Å²) >= 11 is 0. The molecule has 1 aliphatic rings. The van der Waals surface area contributed by atoms with Gasteiger partial charge in [0.15, 0.2) is 0 Å². The van der Waals surface area contributed by atoms with Gasteiger partial charge in [-0.2, -0.15) is 0 Å². The molecule has 0 aromatic rings. The topological polar surface area (TPSA) is 84.9 Å². The van der Waals surface area contributed by atoms with Crippen LogP contribution in [0.3, 0.4) is 0 Å². The van der Waals surface area contributed by atoms with E-state index in [0.29, 0.717) is 12.3 Å². The van der Waals surface area contributed by atoms with Gasteiger partial charge < -0.3 is 19.9 Å². The van der Waals surface area contributed by atoms with Crippen molar-refractivity contribution in [2.45, 2.75) is 58.1 Å². The lowest BCUT2D eigenvalue weighted by molar-refractivity contribution is -0.139. The van der Waals surface area contributed by atoms with Gasteiger partial charge in [0, 0.05) is 13.2 Å². The average Bonchev–Trinajstić information content (AvgIpc) is 2.77. The summed E-state index contributed by atoms with van der Waals surface area (Å²) in [6.45, 7) is 6.77. The minimum Gasteiger partial charge on any atom is -0.480 e.